The molecule has 0 N–H and O–H groups in total. The van der Waals surface area contributed by atoms with Gasteiger partial charge in [0, 0.05) is 17.1 Å². The van der Waals surface area contributed by atoms with Gasteiger partial charge in [-0.2, -0.15) is 0 Å². The smallest absolute Gasteiger partial charge is 0.183 e. The lowest BCUT2D eigenvalue weighted by molar-refractivity contribution is 1.29. The average molecular weight is 754 g/mol. The van der Waals surface area contributed by atoms with Crippen molar-refractivity contribution in [3.8, 4) is 33.4 Å². The van der Waals surface area contributed by atoms with Crippen LogP contribution in [0.4, 0.5) is 17.1 Å². The number of hydrogen-bond donors (Lipinski definition) is 0. The molecule has 0 atom stereocenters. The van der Waals surface area contributed by atoms with Crippen LogP contribution in [0, 0.1) is 0 Å². The summed E-state index contributed by atoms with van der Waals surface area (Å²) in [5.74, 6) is 0. The molecule has 1 aliphatic heterocycles. The van der Waals surface area contributed by atoms with E-state index in [2.05, 4.69) is 241 Å². The maximum Gasteiger partial charge on any atom is 0.183 e. The molecule has 0 radical (unpaired) electrons. The van der Waals surface area contributed by atoms with Crippen LogP contribution in [-0.2, 0) is 0 Å². The topological polar surface area (TPSA) is 3.24 Å². The molecule has 0 saturated heterocycles. The van der Waals surface area contributed by atoms with Gasteiger partial charge in [-0.25, -0.2) is 0 Å². The minimum Gasteiger partial charge on any atom is -0.311 e. The zero-order valence-electron chi connectivity index (χ0n) is 32.0. The van der Waals surface area contributed by atoms with Crippen molar-refractivity contribution in [2.75, 3.05) is 4.90 Å². The molecule has 2 heteroatoms. The van der Waals surface area contributed by atoms with E-state index in [9.17, 15) is 0 Å². The zero-order valence-corrected chi connectivity index (χ0v) is 33.0. The predicted molar refractivity (Wildman–Crippen MR) is 250 cm³/mol. The Kier molecular flexibility index (Phi) is 8.23. The fourth-order valence-electron chi connectivity index (χ4n) is 9.43. The molecule has 0 aliphatic carbocycles. The summed E-state index contributed by atoms with van der Waals surface area (Å²) in [5.41, 5.74) is 10.9. The van der Waals surface area contributed by atoms with Crippen LogP contribution in [0.15, 0.2) is 237 Å². The van der Waals surface area contributed by atoms with Gasteiger partial charge in [-0.3, -0.25) is 0 Å². The van der Waals surface area contributed by atoms with Gasteiger partial charge in [0.25, 0.3) is 0 Å². The van der Waals surface area contributed by atoms with Crippen molar-refractivity contribution < 1.29 is 0 Å². The summed E-state index contributed by atoms with van der Waals surface area (Å²) in [7, 11) is -3.00. The molecule has 10 aromatic rings. The van der Waals surface area contributed by atoms with E-state index in [1.165, 1.54) is 81.4 Å². The molecule has 0 spiro atoms. The van der Waals surface area contributed by atoms with Crippen LogP contribution in [-0.4, -0.2) is 8.07 Å². The highest BCUT2D eigenvalue weighted by molar-refractivity contribution is 7.23. The predicted octanol–water partition coefficient (Wildman–Crippen LogP) is 12.2. The minimum atomic E-state index is -3.00. The minimum absolute atomic E-state index is 1.12. The second-order valence-electron chi connectivity index (χ2n) is 15.3. The lowest BCUT2D eigenvalue weighted by Gasteiger charge is -2.36. The molecule has 58 heavy (non-hydrogen) atoms. The molecule has 0 saturated carbocycles. The maximum atomic E-state index is 2.51. The van der Waals surface area contributed by atoms with E-state index in [0.717, 1.165) is 11.4 Å². The van der Waals surface area contributed by atoms with Gasteiger partial charge in [-0.05, 0) is 106 Å². The van der Waals surface area contributed by atoms with E-state index in [0.29, 0.717) is 0 Å². The summed E-state index contributed by atoms with van der Waals surface area (Å²) in [5, 5.41) is 10.7. The SMILES string of the molecule is c1ccc(-c2ccc(N(c3ccc(-c4ccccc4)cc3)c3cccc4c3[Si](c3ccc5ccccc5c3)(c3ccc5ccccc5c3)c3ccccc3-4)cc2)cc1. The third-order valence-corrected chi connectivity index (χ3v) is 17.0. The molecule has 10 aromatic carbocycles. The van der Waals surface area contributed by atoms with Crippen molar-refractivity contribution in [3.05, 3.63) is 237 Å². The van der Waals surface area contributed by atoms with Crippen molar-refractivity contribution >= 4 is 67.4 Å². The first-order valence-electron chi connectivity index (χ1n) is 20.1. The van der Waals surface area contributed by atoms with E-state index >= 15 is 0 Å². The Morgan fingerprint density at radius 2 is 0.724 bits per heavy atom. The Balaban J connectivity index is 1.21. The van der Waals surface area contributed by atoms with Crippen LogP contribution in [0.3, 0.4) is 0 Å². The number of anilines is 3. The van der Waals surface area contributed by atoms with Gasteiger partial charge in [0.05, 0.1) is 0 Å². The fourth-order valence-corrected chi connectivity index (χ4v) is 14.8. The highest BCUT2D eigenvalue weighted by atomic mass is 28.3. The number of rotatable bonds is 7. The number of hydrogen-bond acceptors (Lipinski definition) is 1. The normalized spacial score (nSPS) is 12.6. The molecular formula is C56H39NSi. The van der Waals surface area contributed by atoms with Crippen molar-refractivity contribution in [1.29, 1.82) is 0 Å². The second kappa shape index (κ2) is 14.0. The third-order valence-electron chi connectivity index (χ3n) is 12.1. The monoisotopic (exact) mass is 753 g/mol. The lowest BCUT2D eigenvalue weighted by Crippen LogP contribution is -2.73. The number of fused-ring (bicyclic) bond motifs is 5. The van der Waals surface area contributed by atoms with Gasteiger partial charge in [0.2, 0.25) is 0 Å². The van der Waals surface area contributed by atoms with Gasteiger partial charge < -0.3 is 4.90 Å². The standard InChI is InChI=1S/C56H39NSi/c1-3-14-40(15-4-1)44-26-32-48(33-27-44)57(49-34-28-45(29-35-49)41-16-5-2-6-17-41)54-24-13-23-53-52-22-11-12-25-55(52)58(56(53)54,50-36-30-42-18-7-9-20-46(42)38-50)51-37-31-43-19-8-10-21-47(43)39-51/h1-39H. The average Bonchev–Trinajstić information content (AvgIpc) is 3.61. The molecule has 1 heterocycles. The fraction of sp³-hybridized carbons (Fsp3) is 0. The molecule has 1 aliphatic rings. The summed E-state index contributed by atoms with van der Waals surface area (Å²) in [4.78, 5) is 2.51. The summed E-state index contributed by atoms with van der Waals surface area (Å²) in [6.07, 6.45) is 0. The molecule has 1 nitrogen and oxygen atoms in total. The molecule has 0 bridgehead atoms. The molecule has 272 valence electrons. The van der Waals surface area contributed by atoms with E-state index in [1.54, 1.807) is 0 Å². The quantitative estimate of drug-likeness (QED) is 0.147. The van der Waals surface area contributed by atoms with Crippen molar-refractivity contribution in [2.24, 2.45) is 0 Å². The van der Waals surface area contributed by atoms with Crippen LogP contribution in [0.2, 0.25) is 0 Å². The Bertz CT molecular complexity index is 2940. The Morgan fingerprint density at radius 3 is 1.26 bits per heavy atom. The number of nitrogens with zero attached hydrogens (tertiary/aromatic N) is 1. The van der Waals surface area contributed by atoms with E-state index < -0.39 is 8.07 Å². The molecule has 11 rings (SSSR count). The second-order valence-corrected chi connectivity index (χ2v) is 19.0. The Morgan fingerprint density at radius 1 is 0.293 bits per heavy atom. The summed E-state index contributed by atoms with van der Waals surface area (Å²) >= 11 is 0. The van der Waals surface area contributed by atoms with Gasteiger partial charge in [0.15, 0.2) is 8.07 Å². The highest BCUT2D eigenvalue weighted by Crippen LogP contribution is 2.41. The van der Waals surface area contributed by atoms with E-state index in [4.69, 9.17) is 0 Å². The van der Waals surface area contributed by atoms with E-state index in [1.807, 2.05) is 0 Å². The van der Waals surface area contributed by atoms with Crippen LogP contribution < -0.4 is 25.6 Å². The Hall–Kier alpha value is -7.26. The highest BCUT2D eigenvalue weighted by Gasteiger charge is 2.51. The summed E-state index contributed by atoms with van der Waals surface area (Å²) in [6, 6.07) is 87.9. The zero-order chi connectivity index (χ0) is 38.5. The summed E-state index contributed by atoms with van der Waals surface area (Å²) < 4.78 is 0. The molecule has 0 aromatic heterocycles. The Labute approximate surface area is 340 Å². The molecule has 0 unspecified atom stereocenters. The van der Waals surface area contributed by atoms with Gasteiger partial charge >= 0.3 is 0 Å². The van der Waals surface area contributed by atoms with Crippen LogP contribution in [0.25, 0.3) is 54.9 Å². The maximum absolute atomic E-state index is 3.00. The lowest BCUT2D eigenvalue weighted by atomic mass is 10.0. The largest absolute Gasteiger partial charge is 0.311 e. The summed E-state index contributed by atoms with van der Waals surface area (Å²) in [6.45, 7) is 0. The third kappa shape index (κ3) is 5.53. The van der Waals surface area contributed by atoms with Crippen molar-refractivity contribution in [2.45, 2.75) is 0 Å². The van der Waals surface area contributed by atoms with Crippen LogP contribution in [0.1, 0.15) is 0 Å². The van der Waals surface area contributed by atoms with Gasteiger partial charge in [0.1, 0.15) is 0 Å². The van der Waals surface area contributed by atoms with Crippen LogP contribution in [0.5, 0.6) is 0 Å². The molecule has 0 fully saturated rings. The van der Waals surface area contributed by atoms with E-state index in [-0.39, 0.29) is 0 Å². The number of benzene rings is 10. The van der Waals surface area contributed by atoms with Crippen molar-refractivity contribution in [3.63, 3.8) is 0 Å². The molecular weight excluding hydrogens is 715 g/mol. The van der Waals surface area contributed by atoms with Crippen LogP contribution >= 0.6 is 0 Å². The first-order valence-corrected chi connectivity index (χ1v) is 22.1. The molecule has 0 amide bonds. The van der Waals surface area contributed by atoms with Gasteiger partial charge in [-0.15, -0.1) is 0 Å². The first-order chi connectivity index (χ1) is 28.8. The first kappa shape index (κ1) is 34.0. The van der Waals surface area contributed by atoms with Crippen molar-refractivity contribution in [1.82, 2.24) is 0 Å². The van der Waals surface area contributed by atoms with Gasteiger partial charge in [-0.1, -0.05) is 206 Å².